The van der Waals surface area contributed by atoms with E-state index in [1.165, 1.54) is 19.2 Å². The quantitative estimate of drug-likeness (QED) is 0.453. The van der Waals surface area contributed by atoms with Gasteiger partial charge < -0.3 is 9.64 Å². The molecule has 0 atom stereocenters. The highest BCUT2D eigenvalue weighted by Gasteiger charge is 2.22. The van der Waals surface area contributed by atoms with Crippen molar-refractivity contribution < 1.29 is 14.5 Å². The smallest absolute Gasteiger partial charge is 0.310 e. The summed E-state index contributed by atoms with van der Waals surface area (Å²) in [7, 11) is 2.90. The van der Waals surface area contributed by atoms with Gasteiger partial charge in [-0.2, -0.15) is 5.26 Å². The number of anilines is 1. The summed E-state index contributed by atoms with van der Waals surface area (Å²) in [6.45, 7) is 0.266. The van der Waals surface area contributed by atoms with Crippen molar-refractivity contribution in [2.45, 2.75) is 6.42 Å². The third kappa shape index (κ3) is 3.42. The van der Waals surface area contributed by atoms with Gasteiger partial charge in [0.2, 0.25) is 0 Å². The predicted octanol–water partition coefficient (Wildman–Crippen LogP) is 1.47. The number of benzene rings is 1. The van der Waals surface area contributed by atoms with Crippen LogP contribution >= 0.6 is 0 Å². The number of para-hydroxylation sites is 1. The Bertz CT molecular complexity index is 536. The highest BCUT2D eigenvalue weighted by atomic mass is 16.6. The van der Waals surface area contributed by atoms with Crippen LogP contribution in [0.25, 0.3) is 0 Å². The van der Waals surface area contributed by atoms with Gasteiger partial charge in [-0.05, 0) is 12.1 Å². The van der Waals surface area contributed by atoms with Crippen molar-refractivity contribution in [3.63, 3.8) is 0 Å². The van der Waals surface area contributed by atoms with Crippen LogP contribution in [0.15, 0.2) is 18.2 Å². The Balaban J connectivity index is 3.03. The molecule has 1 aromatic rings. The largest absolute Gasteiger partial charge is 0.469 e. The molecule has 0 heterocycles. The molecule has 0 aliphatic carbocycles. The van der Waals surface area contributed by atoms with Crippen molar-refractivity contribution in [3.05, 3.63) is 33.9 Å². The minimum atomic E-state index is -0.595. The van der Waals surface area contributed by atoms with Crippen LogP contribution in [0.1, 0.15) is 12.0 Å². The van der Waals surface area contributed by atoms with Crippen LogP contribution in [-0.4, -0.2) is 31.6 Å². The summed E-state index contributed by atoms with van der Waals surface area (Å²) >= 11 is 0. The van der Waals surface area contributed by atoms with E-state index >= 15 is 0 Å². The van der Waals surface area contributed by atoms with Gasteiger partial charge in [0.25, 0.3) is 0 Å². The van der Waals surface area contributed by atoms with Gasteiger partial charge in [0.15, 0.2) is 0 Å². The third-order valence-electron chi connectivity index (χ3n) is 2.61. The van der Waals surface area contributed by atoms with E-state index in [9.17, 15) is 14.9 Å². The van der Waals surface area contributed by atoms with Crippen molar-refractivity contribution >= 4 is 17.3 Å². The van der Waals surface area contributed by atoms with E-state index in [2.05, 4.69) is 4.74 Å². The van der Waals surface area contributed by atoms with Crippen LogP contribution in [0.2, 0.25) is 0 Å². The molecule has 7 nitrogen and oxygen atoms in total. The van der Waals surface area contributed by atoms with Crippen LogP contribution in [0, 0.1) is 21.4 Å². The first-order chi connectivity index (χ1) is 9.01. The van der Waals surface area contributed by atoms with Crippen LogP contribution in [0.5, 0.6) is 0 Å². The van der Waals surface area contributed by atoms with Gasteiger partial charge in [-0.15, -0.1) is 0 Å². The van der Waals surface area contributed by atoms with Crippen molar-refractivity contribution in [1.82, 2.24) is 0 Å². The minimum absolute atomic E-state index is 0.00702. The molecular formula is C12H13N3O4. The molecule has 0 amide bonds. The zero-order valence-corrected chi connectivity index (χ0v) is 10.6. The van der Waals surface area contributed by atoms with Gasteiger partial charge in [-0.3, -0.25) is 14.9 Å². The topological polar surface area (TPSA) is 96.5 Å². The fraction of sp³-hybridized carbons (Fsp3) is 0.333. The summed E-state index contributed by atoms with van der Waals surface area (Å²) < 4.78 is 4.51. The zero-order chi connectivity index (χ0) is 14.4. The SMILES string of the molecule is COC(=O)CCN(C)c1cccc(C#N)c1[N+](=O)[O-]. The molecule has 0 radical (unpaired) electrons. The fourth-order valence-electron chi connectivity index (χ4n) is 1.60. The van der Waals surface area contributed by atoms with E-state index in [-0.39, 0.29) is 24.2 Å². The number of ether oxygens (including phenoxy) is 1. The van der Waals surface area contributed by atoms with Crippen LogP contribution < -0.4 is 4.90 Å². The van der Waals surface area contributed by atoms with E-state index in [4.69, 9.17) is 5.26 Å². The second kappa shape index (κ2) is 6.35. The standard InChI is InChI=1S/C12H13N3O4/c1-14(7-6-11(16)19-2)10-5-3-4-9(8-13)12(10)15(17)18/h3-5H,6-7H2,1-2H3. The van der Waals surface area contributed by atoms with Crippen molar-refractivity contribution in [2.24, 2.45) is 0 Å². The molecule has 0 aromatic heterocycles. The molecule has 0 spiro atoms. The Morgan fingerprint density at radius 2 is 2.26 bits per heavy atom. The lowest BCUT2D eigenvalue weighted by Gasteiger charge is -2.18. The van der Waals surface area contributed by atoms with Gasteiger partial charge >= 0.3 is 11.7 Å². The highest BCUT2D eigenvalue weighted by Crippen LogP contribution is 2.30. The average Bonchev–Trinajstić information content (AvgIpc) is 2.42. The molecule has 19 heavy (non-hydrogen) atoms. The monoisotopic (exact) mass is 263 g/mol. The molecule has 0 saturated heterocycles. The Hall–Kier alpha value is -2.62. The summed E-state index contributed by atoms with van der Waals surface area (Å²) in [5.41, 5.74) is 0.0396. The number of nitriles is 1. The number of hydrogen-bond acceptors (Lipinski definition) is 6. The number of nitro groups is 1. The molecule has 7 heteroatoms. The molecule has 0 N–H and O–H groups in total. The molecule has 1 rings (SSSR count). The average molecular weight is 263 g/mol. The van der Waals surface area contributed by atoms with E-state index in [1.807, 2.05) is 0 Å². The molecular weight excluding hydrogens is 250 g/mol. The van der Waals surface area contributed by atoms with Crippen molar-refractivity contribution in [2.75, 3.05) is 25.6 Å². The van der Waals surface area contributed by atoms with Crippen LogP contribution in [0.3, 0.4) is 0 Å². The molecule has 0 unspecified atom stereocenters. The molecule has 100 valence electrons. The number of nitrogens with zero attached hydrogens (tertiary/aromatic N) is 3. The predicted molar refractivity (Wildman–Crippen MR) is 67.7 cm³/mol. The van der Waals surface area contributed by atoms with E-state index in [1.54, 1.807) is 24.1 Å². The normalized spacial score (nSPS) is 9.53. The first-order valence-corrected chi connectivity index (χ1v) is 5.46. The second-order valence-electron chi connectivity index (χ2n) is 3.79. The molecule has 0 bridgehead atoms. The minimum Gasteiger partial charge on any atom is -0.469 e. The Kier molecular flexibility index (Phi) is 4.83. The number of esters is 1. The maximum absolute atomic E-state index is 11.1. The molecule has 0 saturated carbocycles. The summed E-state index contributed by atoms with van der Waals surface area (Å²) in [6.07, 6.45) is 0.112. The van der Waals surface area contributed by atoms with Gasteiger partial charge in [0, 0.05) is 13.6 Å². The Morgan fingerprint density at radius 1 is 1.58 bits per heavy atom. The first kappa shape index (κ1) is 14.4. The Morgan fingerprint density at radius 3 is 2.79 bits per heavy atom. The summed E-state index contributed by atoms with van der Waals surface area (Å²) in [6, 6.07) is 6.28. The Labute approximate surface area is 110 Å². The van der Waals surface area contributed by atoms with Crippen molar-refractivity contribution in [1.29, 1.82) is 5.26 Å². The number of hydrogen-bond donors (Lipinski definition) is 0. The van der Waals surface area contributed by atoms with Gasteiger partial charge in [-0.1, -0.05) is 6.07 Å². The van der Waals surface area contributed by atoms with E-state index < -0.39 is 10.9 Å². The van der Waals surface area contributed by atoms with Crippen LogP contribution in [-0.2, 0) is 9.53 Å². The zero-order valence-electron chi connectivity index (χ0n) is 10.6. The molecule has 0 aliphatic rings. The van der Waals surface area contributed by atoms with Gasteiger partial charge in [0.05, 0.1) is 18.5 Å². The van der Waals surface area contributed by atoms with Crippen molar-refractivity contribution in [3.8, 4) is 6.07 Å². The molecule has 1 aromatic carbocycles. The third-order valence-corrected chi connectivity index (χ3v) is 2.61. The van der Waals surface area contributed by atoms with Gasteiger partial charge in [-0.25, -0.2) is 0 Å². The summed E-state index contributed by atoms with van der Waals surface area (Å²) in [5.74, 6) is -0.397. The van der Waals surface area contributed by atoms with Crippen LogP contribution in [0.4, 0.5) is 11.4 Å². The fourth-order valence-corrected chi connectivity index (χ4v) is 1.60. The van der Waals surface area contributed by atoms with E-state index in [0.717, 1.165) is 0 Å². The molecule has 0 aliphatic heterocycles. The highest BCUT2D eigenvalue weighted by molar-refractivity contribution is 5.72. The molecule has 0 fully saturated rings. The first-order valence-electron chi connectivity index (χ1n) is 5.46. The lowest BCUT2D eigenvalue weighted by atomic mass is 10.1. The maximum Gasteiger partial charge on any atom is 0.310 e. The number of rotatable bonds is 5. The number of methoxy groups -OCH3 is 1. The lowest BCUT2D eigenvalue weighted by Crippen LogP contribution is -2.22. The summed E-state index contributed by atoms with van der Waals surface area (Å²) in [4.78, 5) is 23.0. The number of carbonyl (C=O) groups excluding carboxylic acids is 1. The maximum atomic E-state index is 11.1. The lowest BCUT2D eigenvalue weighted by molar-refractivity contribution is -0.384. The van der Waals surface area contributed by atoms with Gasteiger partial charge in [0.1, 0.15) is 17.3 Å². The summed E-state index contributed by atoms with van der Waals surface area (Å²) in [5, 5.41) is 19.9. The number of nitro benzene ring substituents is 1. The van der Waals surface area contributed by atoms with E-state index in [0.29, 0.717) is 5.69 Å². The second-order valence-corrected chi connectivity index (χ2v) is 3.79. The number of carbonyl (C=O) groups is 1.